The highest BCUT2D eigenvalue weighted by atomic mass is 19.4. The summed E-state index contributed by atoms with van der Waals surface area (Å²) in [6.45, 7) is 2.40. The van der Waals surface area contributed by atoms with E-state index in [0.717, 1.165) is 28.5 Å². The zero-order valence-electron chi connectivity index (χ0n) is 21.7. The van der Waals surface area contributed by atoms with Crippen LogP contribution in [-0.4, -0.2) is 82.4 Å². The van der Waals surface area contributed by atoms with E-state index in [9.17, 15) is 18.0 Å². The molecule has 1 amide bonds. The van der Waals surface area contributed by atoms with Crippen LogP contribution in [0.2, 0.25) is 0 Å². The number of allylic oxidation sites excluding steroid dienone is 1. The SMILES string of the molecule is C/N=C\C(=C/NCC(F)(F)F)N1Cc2cc(-c3cnc(OCCOCCOC)c(OC)c3)cc(C)c2C1=O. The van der Waals surface area contributed by atoms with Crippen molar-refractivity contribution in [3.8, 4) is 22.8 Å². The quantitative estimate of drug-likeness (QED) is 0.308. The minimum atomic E-state index is -4.39. The summed E-state index contributed by atoms with van der Waals surface area (Å²) in [5, 5.41) is 2.21. The lowest BCUT2D eigenvalue weighted by Crippen LogP contribution is -2.29. The lowest BCUT2D eigenvalue weighted by Gasteiger charge is -2.17. The lowest BCUT2D eigenvalue weighted by molar-refractivity contribution is -0.122. The maximum absolute atomic E-state index is 13.2. The first kappa shape index (κ1) is 28.9. The maximum atomic E-state index is 13.2. The van der Waals surface area contributed by atoms with Gasteiger partial charge in [-0.05, 0) is 35.7 Å². The molecule has 1 aliphatic heterocycles. The van der Waals surface area contributed by atoms with Crippen LogP contribution in [0.1, 0.15) is 21.5 Å². The first-order chi connectivity index (χ1) is 18.2. The Morgan fingerprint density at radius 3 is 2.61 bits per heavy atom. The van der Waals surface area contributed by atoms with Crippen LogP contribution in [0.15, 0.2) is 41.3 Å². The second kappa shape index (κ2) is 13.2. The molecule has 1 aromatic heterocycles. The molecule has 206 valence electrons. The van der Waals surface area contributed by atoms with Gasteiger partial charge >= 0.3 is 6.18 Å². The second-order valence-corrected chi connectivity index (χ2v) is 8.36. The number of nitrogens with one attached hydrogen (secondary N) is 1. The number of fused-ring (bicyclic) bond motifs is 1. The standard InChI is InChI=1S/C26H31F3N4O5/c1-17-9-18(19-11-22(36-4)24(32-12-19)38-8-7-37-6-5-35-3)10-20-15-33(25(34)23(17)20)21(13-30-2)14-31-16-26(27,28)29/h9-14,31H,5-8,15-16H2,1-4H3/b21-14+,30-13-. The van der Waals surface area contributed by atoms with Crippen LogP contribution >= 0.6 is 0 Å². The molecule has 0 fully saturated rings. The molecule has 2 aromatic rings. The Hall–Kier alpha value is -3.64. The largest absolute Gasteiger partial charge is 0.491 e. The van der Waals surface area contributed by atoms with Crippen LogP contribution in [-0.2, 0) is 16.0 Å². The van der Waals surface area contributed by atoms with Gasteiger partial charge in [0.25, 0.3) is 11.8 Å². The number of carbonyl (C=O) groups is 1. The zero-order valence-corrected chi connectivity index (χ0v) is 21.7. The predicted octanol–water partition coefficient (Wildman–Crippen LogP) is 3.76. The van der Waals surface area contributed by atoms with Gasteiger partial charge in [-0.25, -0.2) is 4.98 Å². The molecule has 0 saturated carbocycles. The number of aryl methyl sites for hydroxylation is 1. The van der Waals surface area contributed by atoms with Gasteiger partial charge in [0.2, 0.25) is 0 Å². The molecule has 0 aliphatic carbocycles. The number of hydrogen-bond donors (Lipinski definition) is 1. The number of rotatable bonds is 13. The summed E-state index contributed by atoms with van der Waals surface area (Å²) in [6.07, 6.45) is -0.242. The smallest absolute Gasteiger partial charge is 0.405 e. The third kappa shape index (κ3) is 7.45. The van der Waals surface area contributed by atoms with Crippen molar-refractivity contribution in [2.45, 2.75) is 19.6 Å². The third-order valence-corrected chi connectivity index (χ3v) is 5.60. The number of aliphatic imine (C=N–C) groups is 1. The van der Waals surface area contributed by atoms with Crippen LogP contribution in [0.5, 0.6) is 11.6 Å². The van der Waals surface area contributed by atoms with E-state index in [0.29, 0.717) is 37.0 Å². The molecule has 12 heteroatoms. The average molecular weight is 537 g/mol. The van der Waals surface area contributed by atoms with Gasteiger partial charge < -0.3 is 29.2 Å². The fourth-order valence-electron chi connectivity index (χ4n) is 3.92. The van der Waals surface area contributed by atoms with E-state index in [1.807, 2.05) is 19.1 Å². The van der Waals surface area contributed by atoms with Crippen molar-refractivity contribution >= 4 is 12.1 Å². The van der Waals surface area contributed by atoms with E-state index in [4.69, 9.17) is 18.9 Å². The summed E-state index contributed by atoms with van der Waals surface area (Å²) in [5.74, 6) is 0.456. The van der Waals surface area contributed by atoms with Gasteiger partial charge in [-0.3, -0.25) is 9.79 Å². The normalized spacial score (nSPS) is 13.8. The molecular formula is C26H31F3N4O5. The average Bonchev–Trinajstić information content (AvgIpc) is 3.21. The van der Waals surface area contributed by atoms with Gasteiger partial charge in [0.05, 0.1) is 39.2 Å². The van der Waals surface area contributed by atoms with Crippen molar-refractivity contribution in [1.29, 1.82) is 0 Å². The first-order valence-corrected chi connectivity index (χ1v) is 11.8. The Balaban J connectivity index is 1.79. The van der Waals surface area contributed by atoms with Gasteiger partial charge in [0.15, 0.2) is 5.75 Å². The number of nitrogens with zero attached hydrogens (tertiary/aromatic N) is 3. The summed E-state index contributed by atoms with van der Waals surface area (Å²) < 4.78 is 59.2. The van der Waals surface area contributed by atoms with E-state index < -0.39 is 12.7 Å². The molecule has 38 heavy (non-hydrogen) atoms. The fraction of sp³-hybridized carbons (Fsp3) is 0.423. The number of benzene rings is 1. The summed E-state index contributed by atoms with van der Waals surface area (Å²) >= 11 is 0. The highest BCUT2D eigenvalue weighted by Gasteiger charge is 2.32. The maximum Gasteiger partial charge on any atom is 0.405 e. The van der Waals surface area contributed by atoms with Crippen molar-refractivity contribution in [2.24, 2.45) is 4.99 Å². The van der Waals surface area contributed by atoms with Crippen LogP contribution in [0.3, 0.4) is 0 Å². The van der Waals surface area contributed by atoms with Gasteiger partial charge in [0.1, 0.15) is 13.2 Å². The Kier molecular flexibility index (Phi) is 10.1. The molecule has 3 rings (SSSR count). The molecule has 2 heterocycles. The lowest BCUT2D eigenvalue weighted by atomic mass is 9.97. The Bertz CT molecular complexity index is 1180. The molecule has 1 N–H and O–H groups in total. The summed E-state index contributed by atoms with van der Waals surface area (Å²) in [5.41, 5.74) is 3.77. The molecule has 0 bridgehead atoms. The third-order valence-electron chi connectivity index (χ3n) is 5.60. The predicted molar refractivity (Wildman–Crippen MR) is 136 cm³/mol. The van der Waals surface area contributed by atoms with Crippen LogP contribution in [0.25, 0.3) is 11.1 Å². The molecule has 0 spiro atoms. The number of amides is 1. The number of hydrogen-bond acceptors (Lipinski definition) is 8. The molecule has 9 nitrogen and oxygen atoms in total. The first-order valence-electron chi connectivity index (χ1n) is 11.8. The van der Waals surface area contributed by atoms with Crippen molar-refractivity contribution in [1.82, 2.24) is 15.2 Å². The van der Waals surface area contributed by atoms with Crippen molar-refractivity contribution in [3.63, 3.8) is 0 Å². The Morgan fingerprint density at radius 1 is 1.16 bits per heavy atom. The van der Waals surface area contributed by atoms with Gasteiger partial charge in [0, 0.05) is 43.9 Å². The number of carbonyl (C=O) groups excluding carboxylic acids is 1. The molecule has 1 aromatic carbocycles. The highest BCUT2D eigenvalue weighted by Crippen LogP contribution is 2.35. The molecule has 1 aliphatic rings. The van der Waals surface area contributed by atoms with Crippen LogP contribution in [0.4, 0.5) is 13.2 Å². The number of aromatic nitrogens is 1. The van der Waals surface area contributed by atoms with E-state index in [1.165, 1.54) is 25.3 Å². The van der Waals surface area contributed by atoms with E-state index >= 15 is 0 Å². The van der Waals surface area contributed by atoms with Gasteiger partial charge in [-0.2, -0.15) is 13.2 Å². The minimum absolute atomic E-state index is 0.184. The van der Waals surface area contributed by atoms with Crippen molar-refractivity contribution in [3.05, 3.63) is 53.0 Å². The number of methoxy groups -OCH3 is 2. The van der Waals surface area contributed by atoms with Crippen LogP contribution < -0.4 is 14.8 Å². The number of alkyl halides is 3. The number of ether oxygens (including phenoxy) is 4. The number of pyridine rings is 1. The van der Waals surface area contributed by atoms with E-state index in [-0.39, 0.29) is 24.8 Å². The summed E-state index contributed by atoms with van der Waals surface area (Å²) in [4.78, 5) is 22.8. The minimum Gasteiger partial charge on any atom is -0.491 e. The Morgan fingerprint density at radius 2 is 1.92 bits per heavy atom. The van der Waals surface area contributed by atoms with Gasteiger partial charge in [-0.1, -0.05) is 6.07 Å². The number of halogens is 3. The molecular weight excluding hydrogens is 505 g/mol. The highest BCUT2D eigenvalue weighted by molar-refractivity contribution is 6.04. The van der Waals surface area contributed by atoms with E-state index in [1.54, 1.807) is 19.4 Å². The topological polar surface area (TPSA) is 94.5 Å². The zero-order chi connectivity index (χ0) is 27.7. The fourth-order valence-corrected chi connectivity index (χ4v) is 3.92. The van der Waals surface area contributed by atoms with Crippen molar-refractivity contribution in [2.75, 3.05) is 54.2 Å². The molecule has 0 saturated heterocycles. The molecule has 0 radical (unpaired) electrons. The van der Waals surface area contributed by atoms with E-state index in [2.05, 4.69) is 15.3 Å². The van der Waals surface area contributed by atoms with Crippen molar-refractivity contribution < 1.29 is 36.9 Å². The second-order valence-electron chi connectivity index (χ2n) is 8.36. The molecule has 0 unspecified atom stereocenters. The van der Waals surface area contributed by atoms with Crippen LogP contribution in [0, 0.1) is 6.92 Å². The molecule has 0 atom stereocenters. The summed E-state index contributed by atoms with van der Waals surface area (Å²) in [6, 6.07) is 5.52. The summed E-state index contributed by atoms with van der Waals surface area (Å²) in [7, 11) is 4.60. The van der Waals surface area contributed by atoms with Gasteiger partial charge in [-0.15, -0.1) is 0 Å². The Labute approximate surface area is 219 Å². The monoisotopic (exact) mass is 536 g/mol.